The van der Waals surface area contributed by atoms with Crippen LogP contribution in [0.25, 0.3) is 0 Å². The smallest absolute Gasteiger partial charge is 0.270 e. The molecule has 0 fully saturated rings. The maximum atomic E-state index is 12.7. The predicted molar refractivity (Wildman–Crippen MR) is 82.1 cm³/mol. The first-order valence-electron chi connectivity index (χ1n) is 7.42. The van der Waals surface area contributed by atoms with Gasteiger partial charge >= 0.3 is 0 Å². The second-order valence-electron chi connectivity index (χ2n) is 5.55. The van der Waals surface area contributed by atoms with Gasteiger partial charge in [-0.25, -0.2) is 4.98 Å². The van der Waals surface area contributed by atoms with E-state index in [0.29, 0.717) is 24.6 Å². The van der Waals surface area contributed by atoms with Gasteiger partial charge in [0.1, 0.15) is 11.5 Å². The molecule has 1 aromatic carbocycles. The van der Waals surface area contributed by atoms with Gasteiger partial charge in [0.05, 0.1) is 0 Å². The van der Waals surface area contributed by atoms with Crippen molar-refractivity contribution in [2.75, 3.05) is 18.0 Å². The topological polar surface area (TPSA) is 62.3 Å². The molecule has 22 heavy (non-hydrogen) atoms. The summed E-state index contributed by atoms with van der Waals surface area (Å²) in [5.41, 5.74) is 3.17. The van der Waals surface area contributed by atoms with Gasteiger partial charge in [-0.2, -0.15) is 0 Å². The number of benzene rings is 1. The lowest BCUT2D eigenvalue weighted by atomic mass is 9.99. The van der Waals surface area contributed by atoms with E-state index in [-0.39, 0.29) is 11.8 Å². The average molecular weight is 293 g/mol. The molecule has 0 unspecified atom stereocenters. The molecular weight excluding hydrogens is 278 g/mol. The Kier molecular flexibility index (Phi) is 2.92. The zero-order chi connectivity index (χ0) is 15.1. The van der Waals surface area contributed by atoms with E-state index in [2.05, 4.69) is 10.3 Å². The second kappa shape index (κ2) is 4.94. The van der Waals surface area contributed by atoms with Crippen molar-refractivity contribution < 1.29 is 9.59 Å². The first kappa shape index (κ1) is 13.0. The third kappa shape index (κ3) is 1.97. The van der Waals surface area contributed by atoms with E-state index in [1.54, 1.807) is 4.90 Å². The van der Waals surface area contributed by atoms with Crippen LogP contribution in [-0.4, -0.2) is 29.9 Å². The summed E-state index contributed by atoms with van der Waals surface area (Å²) in [6.07, 6.45) is 1.58. The van der Waals surface area contributed by atoms with Crippen molar-refractivity contribution in [2.24, 2.45) is 0 Å². The Morgan fingerprint density at radius 1 is 1.00 bits per heavy atom. The summed E-state index contributed by atoms with van der Waals surface area (Å²) in [5, 5.41) is 2.79. The van der Waals surface area contributed by atoms with Crippen molar-refractivity contribution in [3.8, 4) is 0 Å². The Bertz CT molecular complexity index is 785. The number of carbonyl (C=O) groups is 2. The average Bonchev–Trinajstić information content (AvgIpc) is 2.56. The lowest BCUT2D eigenvalue weighted by molar-refractivity contribution is 0.0936. The molecule has 2 amide bonds. The van der Waals surface area contributed by atoms with Gasteiger partial charge in [0, 0.05) is 18.7 Å². The van der Waals surface area contributed by atoms with Crippen LogP contribution in [0.4, 0.5) is 5.82 Å². The molecule has 0 spiro atoms. The molecule has 4 rings (SSSR count). The lowest BCUT2D eigenvalue weighted by Gasteiger charge is -2.28. The highest BCUT2D eigenvalue weighted by atomic mass is 16.2. The molecule has 5 nitrogen and oxygen atoms in total. The van der Waals surface area contributed by atoms with Gasteiger partial charge in [-0.05, 0) is 36.1 Å². The minimum Gasteiger partial charge on any atom is -0.350 e. The molecule has 2 aliphatic rings. The number of fused-ring (bicyclic) bond motifs is 2. The molecule has 2 aliphatic heterocycles. The third-order valence-corrected chi connectivity index (χ3v) is 4.23. The molecule has 0 saturated heterocycles. The van der Waals surface area contributed by atoms with E-state index < -0.39 is 0 Å². The molecule has 0 aliphatic carbocycles. The molecular formula is C17H15N3O2. The van der Waals surface area contributed by atoms with Gasteiger partial charge in [-0.1, -0.05) is 24.3 Å². The molecule has 0 atom stereocenters. The van der Waals surface area contributed by atoms with Crippen molar-refractivity contribution in [2.45, 2.75) is 12.8 Å². The first-order chi connectivity index (χ1) is 10.7. The summed E-state index contributed by atoms with van der Waals surface area (Å²) in [6, 6.07) is 11.4. The Morgan fingerprint density at radius 3 is 2.77 bits per heavy atom. The van der Waals surface area contributed by atoms with Crippen LogP contribution in [0.15, 0.2) is 36.4 Å². The monoisotopic (exact) mass is 293 g/mol. The molecule has 0 bridgehead atoms. The largest absolute Gasteiger partial charge is 0.350 e. The Hall–Kier alpha value is -2.69. The van der Waals surface area contributed by atoms with Crippen LogP contribution in [0.5, 0.6) is 0 Å². The van der Waals surface area contributed by atoms with Crippen LogP contribution in [0, 0.1) is 0 Å². The van der Waals surface area contributed by atoms with Crippen LogP contribution >= 0.6 is 0 Å². The number of anilines is 1. The maximum Gasteiger partial charge on any atom is 0.270 e. The fraction of sp³-hybridized carbons (Fsp3) is 0.235. The van der Waals surface area contributed by atoms with Crippen LogP contribution < -0.4 is 10.2 Å². The van der Waals surface area contributed by atoms with Gasteiger partial charge in [0.25, 0.3) is 11.8 Å². The highest BCUT2D eigenvalue weighted by molar-refractivity contribution is 6.08. The summed E-state index contributed by atoms with van der Waals surface area (Å²) < 4.78 is 0. The summed E-state index contributed by atoms with van der Waals surface area (Å²) >= 11 is 0. The van der Waals surface area contributed by atoms with Gasteiger partial charge in [-0.15, -0.1) is 0 Å². The molecule has 0 radical (unpaired) electrons. The number of hydrogen-bond donors (Lipinski definition) is 1. The highest BCUT2D eigenvalue weighted by Gasteiger charge is 2.27. The van der Waals surface area contributed by atoms with Crippen LogP contribution in [-0.2, 0) is 12.8 Å². The molecule has 2 aromatic rings. The van der Waals surface area contributed by atoms with E-state index in [4.69, 9.17) is 0 Å². The van der Waals surface area contributed by atoms with Crippen molar-refractivity contribution >= 4 is 17.6 Å². The molecule has 5 heteroatoms. The summed E-state index contributed by atoms with van der Waals surface area (Å²) in [5.74, 6) is 0.341. The summed E-state index contributed by atoms with van der Waals surface area (Å²) in [4.78, 5) is 30.7. The Labute approximate surface area is 128 Å². The zero-order valence-corrected chi connectivity index (χ0v) is 12.0. The SMILES string of the molecule is O=C1NCCc2ccc(N3CCc4ccccc4C3=O)nc21. The minimum absolute atomic E-state index is 0.0504. The minimum atomic E-state index is -0.159. The van der Waals surface area contributed by atoms with Gasteiger partial charge in [0.15, 0.2) is 0 Å². The number of carbonyl (C=O) groups excluding carboxylic acids is 2. The van der Waals surface area contributed by atoms with Crippen molar-refractivity contribution in [3.05, 3.63) is 58.8 Å². The number of hydrogen-bond acceptors (Lipinski definition) is 3. The lowest BCUT2D eigenvalue weighted by Crippen LogP contribution is -2.39. The van der Waals surface area contributed by atoms with Gasteiger partial charge < -0.3 is 5.32 Å². The maximum absolute atomic E-state index is 12.7. The van der Waals surface area contributed by atoms with E-state index >= 15 is 0 Å². The van der Waals surface area contributed by atoms with Crippen LogP contribution in [0.1, 0.15) is 32.0 Å². The van der Waals surface area contributed by atoms with Crippen LogP contribution in [0.2, 0.25) is 0 Å². The number of nitrogens with zero attached hydrogens (tertiary/aromatic N) is 2. The number of rotatable bonds is 1. The van der Waals surface area contributed by atoms with E-state index in [1.165, 1.54) is 0 Å². The quantitative estimate of drug-likeness (QED) is 0.868. The normalized spacial score (nSPS) is 16.8. The van der Waals surface area contributed by atoms with Gasteiger partial charge in [-0.3, -0.25) is 14.5 Å². The number of aromatic nitrogens is 1. The van der Waals surface area contributed by atoms with Crippen molar-refractivity contribution in [1.29, 1.82) is 0 Å². The van der Waals surface area contributed by atoms with Gasteiger partial charge in [0.2, 0.25) is 0 Å². The highest BCUT2D eigenvalue weighted by Crippen LogP contribution is 2.24. The zero-order valence-electron chi connectivity index (χ0n) is 12.0. The summed E-state index contributed by atoms with van der Waals surface area (Å²) in [7, 11) is 0. The fourth-order valence-corrected chi connectivity index (χ4v) is 3.07. The molecule has 3 heterocycles. The van der Waals surface area contributed by atoms with E-state index in [9.17, 15) is 9.59 Å². The molecule has 0 saturated carbocycles. The number of amides is 2. The predicted octanol–water partition coefficient (Wildman–Crippen LogP) is 1.57. The summed E-state index contributed by atoms with van der Waals surface area (Å²) in [6.45, 7) is 1.23. The first-order valence-corrected chi connectivity index (χ1v) is 7.42. The van der Waals surface area contributed by atoms with Crippen molar-refractivity contribution in [1.82, 2.24) is 10.3 Å². The molecule has 110 valence electrons. The van der Waals surface area contributed by atoms with E-state index in [1.807, 2.05) is 36.4 Å². The molecule has 1 N–H and O–H groups in total. The fourth-order valence-electron chi connectivity index (χ4n) is 3.07. The second-order valence-corrected chi connectivity index (χ2v) is 5.55. The Balaban J connectivity index is 1.73. The third-order valence-electron chi connectivity index (χ3n) is 4.23. The van der Waals surface area contributed by atoms with E-state index in [0.717, 1.165) is 29.5 Å². The van der Waals surface area contributed by atoms with Crippen LogP contribution in [0.3, 0.4) is 0 Å². The number of pyridine rings is 1. The Morgan fingerprint density at radius 2 is 1.86 bits per heavy atom. The number of nitrogens with one attached hydrogen (secondary N) is 1. The van der Waals surface area contributed by atoms with Crippen molar-refractivity contribution in [3.63, 3.8) is 0 Å². The molecule has 1 aromatic heterocycles. The standard InChI is InChI=1S/C17H15N3O2/c21-16-15-12(7-9-18-16)5-6-14(19-15)20-10-8-11-3-1-2-4-13(11)17(20)22/h1-6H,7-10H2,(H,18,21).